The first-order valence-corrected chi connectivity index (χ1v) is 10.4. The minimum atomic E-state index is -0.558. The number of H-pyrrole nitrogens is 1. The number of nitro benzene ring substituents is 1. The lowest BCUT2D eigenvalue weighted by Crippen LogP contribution is -2.12. The van der Waals surface area contributed by atoms with Gasteiger partial charge >= 0.3 is 0 Å². The van der Waals surface area contributed by atoms with Crippen molar-refractivity contribution in [3.05, 3.63) is 98.1 Å². The predicted octanol–water partition coefficient (Wildman–Crippen LogP) is 6.64. The molecule has 1 aromatic heterocycles. The summed E-state index contributed by atoms with van der Waals surface area (Å²) >= 11 is 12.0. The summed E-state index contributed by atoms with van der Waals surface area (Å²) < 4.78 is 5.76. The van der Waals surface area contributed by atoms with Gasteiger partial charge in [-0.05, 0) is 42.8 Å². The summed E-state index contributed by atoms with van der Waals surface area (Å²) in [5.41, 5.74) is 2.26. The fraction of sp³-hybridized carbons (Fsp3) is 0.0435. The largest absolute Gasteiger partial charge is 0.457 e. The van der Waals surface area contributed by atoms with Gasteiger partial charge in [0.1, 0.15) is 17.2 Å². The Morgan fingerprint density at radius 3 is 2.58 bits per heavy atom. The summed E-state index contributed by atoms with van der Waals surface area (Å²) in [5.74, 6) is 0.203. The van der Waals surface area contributed by atoms with Gasteiger partial charge < -0.3 is 10.1 Å². The van der Waals surface area contributed by atoms with E-state index in [1.807, 2.05) is 19.1 Å². The van der Waals surface area contributed by atoms with Crippen molar-refractivity contribution < 1.29 is 14.5 Å². The molecule has 4 aromatic rings. The van der Waals surface area contributed by atoms with Gasteiger partial charge in [0.15, 0.2) is 0 Å². The molecule has 4 rings (SSSR count). The van der Waals surface area contributed by atoms with Crippen molar-refractivity contribution in [2.75, 3.05) is 5.32 Å². The first kappa shape index (κ1) is 22.3. The molecule has 8 nitrogen and oxygen atoms in total. The number of aryl methyl sites for hydroxylation is 1. The maximum absolute atomic E-state index is 12.7. The number of anilines is 1. The summed E-state index contributed by atoms with van der Waals surface area (Å²) in [6.45, 7) is 1.91. The van der Waals surface area contributed by atoms with E-state index in [0.717, 1.165) is 5.56 Å². The third-order valence-corrected chi connectivity index (χ3v) is 5.36. The molecule has 0 aliphatic rings. The second-order valence-corrected chi connectivity index (χ2v) is 7.96. The molecule has 3 aromatic carbocycles. The van der Waals surface area contributed by atoms with E-state index in [9.17, 15) is 14.9 Å². The molecular weight excluding hydrogens is 467 g/mol. The summed E-state index contributed by atoms with van der Waals surface area (Å²) in [5, 5.41) is 21.6. The third kappa shape index (κ3) is 5.31. The highest BCUT2D eigenvalue weighted by Crippen LogP contribution is 2.31. The zero-order valence-corrected chi connectivity index (χ0v) is 18.6. The number of nitro groups is 1. The Labute approximate surface area is 198 Å². The quantitative estimate of drug-likeness (QED) is 0.236. The lowest BCUT2D eigenvalue weighted by atomic mass is 10.1. The van der Waals surface area contributed by atoms with E-state index in [1.165, 1.54) is 24.3 Å². The van der Waals surface area contributed by atoms with Crippen molar-refractivity contribution in [3.8, 4) is 22.8 Å². The number of carbonyl (C=O) groups is 1. The van der Waals surface area contributed by atoms with Gasteiger partial charge in [-0.15, -0.1) is 0 Å². The van der Waals surface area contributed by atoms with Crippen molar-refractivity contribution in [1.82, 2.24) is 10.2 Å². The molecule has 1 amide bonds. The van der Waals surface area contributed by atoms with Gasteiger partial charge in [-0.3, -0.25) is 20.0 Å². The Morgan fingerprint density at radius 1 is 1.03 bits per heavy atom. The van der Waals surface area contributed by atoms with Crippen molar-refractivity contribution in [3.63, 3.8) is 0 Å². The molecule has 33 heavy (non-hydrogen) atoms. The van der Waals surface area contributed by atoms with Crippen LogP contribution in [0, 0.1) is 17.0 Å². The van der Waals surface area contributed by atoms with Gasteiger partial charge in [0.2, 0.25) is 0 Å². The van der Waals surface area contributed by atoms with Crippen LogP contribution < -0.4 is 10.1 Å². The molecule has 0 aliphatic carbocycles. The van der Waals surface area contributed by atoms with Gasteiger partial charge in [0.25, 0.3) is 11.6 Å². The molecule has 1 heterocycles. The number of benzene rings is 3. The molecule has 10 heteroatoms. The Morgan fingerprint density at radius 2 is 1.85 bits per heavy atom. The van der Waals surface area contributed by atoms with E-state index in [0.29, 0.717) is 27.1 Å². The van der Waals surface area contributed by atoms with Crippen LogP contribution in [0.3, 0.4) is 0 Å². The molecular formula is C23H16Cl2N4O4. The number of nitrogens with one attached hydrogen (secondary N) is 2. The first-order chi connectivity index (χ1) is 15.8. The number of non-ortho nitro benzene ring substituents is 1. The number of carbonyl (C=O) groups excluding carboxylic acids is 1. The number of nitrogens with zero attached hydrogens (tertiary/aromatic N) is 2. The average Bonchev–Trinajstić information content (AvgIpc) is 3.26. The number of rotatable bonds is 6. The number of hydrogen-bond acceptors (Lipinski definition) is 5. The molecule has 0 spiro atoms. The van der Waals surface area contributed by atoms with E-state index in [4.69, 9.17) is 27.9 Å². The molecule has 0 radical (unpaired) electrons. The Hall–Kier alpha value is -3.88. The van der Waals surface area contributed by atoms with E-state index in [-0.39, 0.29) is 22.8 Å². The smallest absolute Gasteiger partial charge is 0.275 e. The standard InChI is InChI=1S/C23H16Cl2N4O4/c1-13-3-2-4-17(7-13)33-18-10-15(9-16(11-18)29(31)32)26-23(30)22-12-21(27-28-22)14-5-6-19(24)20(25)8-14/h2-12H,1H3,(H,26,30)(H,27,28). The van der Waals surface area contributed by atoms with E-state index >= 15 is 0 Å². The number of amides is 1. The highest BCUT2D eigenvalue weighted by atomic mass is 35.5. The summed E-state index contributed by atoms with van der Waals surface area (Å²) in [6, 6.07) is 17.8. The van der Waals surface area contributed by atoms with Gasteiger partial charge in [0.05, 0.1) is 32.4 Å². The fourth-order valence-electron chi connectivity index (χ4n) is 3.07. The van der Waals surface area contributed by atoms with Gasteiger partial charge in [-0.25, -0.2) is 0 Å². The van der Waals surface area contributed by atoms with Crippen LogP contribution in [0.1, 0.15) is 16.1 Å². The lowest BCUT2D eigenvalue weighted by molar-refractivity contribution is -0.384. The summed E-state index contributed by atoms with van der Waals surface area (Å²) in [6.07, 6.45) is 0. The molecule has 2 N–H and O–H groups in total. The first-order valence-electron chi connectivity index (χ1n) is 9.65. The molecule has 166 valence electrons. The topological polar surface area (TPSA) is 110 Å². The van der Waals surface area contributed by atoms with Crippen molar-refractivity contribution in [2.45, 2.75) is 6.92 Å². The summed E-state index contributed by atoms with van der Waals surface area (Å²) in [4.78, 5) is 23.6. The van der Waals surface area contributed by atoms with E-state index < -0.39 is 10.8 Å². The van der Waals surface area contributed by atoms with Crippen LogP contribution in [-0.2, 0) is 0 Å². The SMILES string of the molecule is Cc1cccc(Oc2cc(NC(=O)c3cc(-c4ccc(Cl)c(Cl)c4)n[nH]3)cc([N+](=O)[O-])c2)c1. The number of aromatic nitrogens is 2. The summed E-state index contributed by atoms with van der Waals surface area (Å²) in [7, 11) is 0. The molecule has 0 unspecified atom stereocenters. The zero-order valence-electron chi connectivity index (χ0n) is 17.1. The predicted molar refractivity (Wildman–Crippen MR) is 126 cm³/mol. The van der Waals surface area contributed by atoms with Crippen LogP contribution in [-0.4, -0.2) is 21.0 Å². The van der Waals surface area contributed by atoms with Crippen molar-refractivity contribution in [1.29, 1.82) is 0 Å². The normalized spacial score (nSPS) is 10.6. The van der Waals surface area contributed by atoms with Gasteiger partial charge in [0, 0.05) is 17.7 Å². The lowest BCUT2D eigenvalue weighted by Gasteiger charge is -2.09. The van der Waals surface area contributed by atoms with Crippen LogP contribution in [0.2, 0.25) is 10.0 Å². The third-order valence-electron chi connectivity index (χ3n) is 4.62. The van der Waals surface area contributed by atoms with Crippen LogP contribution in [0.25, 0.3) is 11.3 Å². The van der Waals surface area contributed by atoms with Crippen molar-refractivity contribution >= 4 is 40.5 Å². The number of ether oxygens (including phenoxy) is 1. The van der Waals surface area contributed by atoms with Crippen LogP contribution >= 0.6 is 23.2 Å². The maximum atomic E-state index is 12.7. The minimum absolute atomic E-state index is 0.156. The van der Waals surface area contributed by atoms with E-state index in [1.54, 1.807) is 30.3 Å². The van der Waals surface area contributed by atoms with E-state index in [2.05, 4.69) is 15.5 Å². The highest BCUT2D eigenvalue weighted by molar-refractivity contribution is 6.42. The van der Waals surface area contributed by atoms with Crippen molar-refractivity contribution in [2.24, 2.45) is 0 Å². The number of halogens is 2. The molecule has 0 saturated heterocycles. The monoisotopic (exact) mass is 482 g/mol. The highest BCUT2D eigenvalue weighted by Gasteiger charge is 2.16. The van der Waals surface area contributed by atoms with Gasteiger partial charge in [-0.2, -0.15) is 5.10 Å². The fourth-order valence-corrected chi connectivity index (χ4v) is 3.37. The average molecular weight is 483 g/mol. The number of hydrogen-bond donors (Lipinski definition) is 2. The molecule has 0 saturated carbocycles. The molecule has 0 atom stereocenters. The minimum Gasteiger partial charge on any atom is -0.457 e. The maximum Gasteiger partial charge on any atom is 0.275 e. The second-order valence-electron chi connectivity index (χ2n) is 7.14. The zero-order chi connectivity index (χ0) is 23.5. The molecule has 0 aliphatic heterocycles. The number of aromatic amines is 1. The Bertz CT molecular complexity index is 1370. The van der Waals surface area contributed by atoms with Crippen LogP contribution in [0.4, 0.5) is 11.4 Å². The Kier molecular flexibility index (Phi) is 6.30. The van der Waals surface area contributed by atoms with Gasteiger partial charge in [-0.1, -0.05) is 41.4 Å². The molecule has 0 fully saturated rings. The second kappa shape index (κ2) is 9.32. The Balaban J connectivity index is 1.57. The molecule has 0 bridgehead atoms. The van der Waals surface area contributed by atoms with Crippen LogP contribution in [0.5, 0.6) is 11.5 Å². The van der Waals surface area contributed by atoms with Crippen LogP contribution in [0.15, 0.2) is 66.7 Å².